The van der Waals surface area contributed by atoms with Crippen LogP contribution in [0.2, 0.25) is 0 Å². The Hall–Kier alpha value is -2.74. The van der Waals surface area contributed by atoms with Crippen molar-refractivity contribution in [3.05, 3.63) is 50.9 Å². The van der Waals surface area contributed by atoms with Crippen molar-refractivity contribution in [2.24, 2.45) is 7.05 Å². The number of allylic oxidation sites excluding steroid dienone is 2. The molecule has 8 heteroatoms. The predicted molar refractivity (Wildman–Crippen MR) is 90.2 cm³/mol. The van der Waals surface area contributed by atoms with E-state index >= 15 is 0 Å². The number of aromatic nitrogens is 4. The number of hydrogen-bond acceptors (Lipinski definition) is 6. The van der Waals surface area contributed by atoms with Gasteiger partial charge in [-0.15, -0.1) is 0 Å². The first-order valence-corrected chi connectivity index (χ1v) is 8.41. The van der Waals surface area contributed by atoms with Gasteiger partial charge >= 0.3 is 0 Å². The van der Waals surface area contributed by atoms with Crippen LogP contribution in [0.3, 0.4) is 0 Å². The van der Waals surface area contributed by atoms with Crippen LogP contribution in [-0.4, -0.2) is 24.3 Å². The third-order valence-electron chi connectivity index (χ3n) is 4.79. The first-order valence-electron chi connectivity index (χ1n) is 7.68. The lowest BCUT2D eigenvalue weighted by molar-refractivity contribution is -0.115. The number of aryl methyl sites for hydroxylation is 1. The van der Waals surface area contributed by atoms with Crippen LogP contribution in [0.5, 0.6) is 0 Å². The van der Waals surface area contributed by atoms with Gasteiger partial charge in [-0.3, -0.25) is 19.4 Å². The first-order chi connectivity index (χ1) is 11.6. The van der Waals surface area contributed by atoms with Crippen LogP contribution in [0.4, 0.5) is 5.82 Å². The van der Waals surface area contributed by atoms with E-state index in [1.54, 1.807) is 11.7 Å². The molecule has 0 saturated carbocycles. The quantitative estimate of drug-likeness (QED) is 0.706. The number of nitrogens with one attached hydrogen (secondary N) is 2. The van der Waals surface area contributed by atoms with Crippen molar-refractivity contribution in [3.8, 4) is 0 Å². The van der Waals surface area contributed by atoms with E-state index in [4.69, 9.17) is 0 Å². The minimum absolute atomic E-state index is 0.105. The summed E-state index contributed by atoms with van der Waals surface area (Å²) in [6, 6.07) is 5.76. The molecule has 0 amide bonds. The van der Waals surface area contributed by atoms with E-state index in [0.717, 1.165) is 39.8 Å². The molecule has 5 rings (SSSR count). The van der Waals surface area contributed by atoms with E-state index in [1.165, 1.54) is 0 Å². The molecular weight excluding hydrogens is 326 g/mol. The fourth-order valence-electron chi connectivity index (χ4n) is 3.72. The highest BCUT2D eigenvalue weighted by Crippen LogP contribution is 2.44. The minimum Gasteiger partial charge on any atom is -0.343 e. The lowest BCUT2D eigenvalue weighted by atomic mass is 9.82. The van der Waals surface area contributed by atoms with Crippen LogP contribution in [0.25, 0.3) is 11.0 Å². The molecular formula is C16H13N5O2S. The number of hydrogen-bond donors (Lipinski definition) is 2. The summed E-state index contributed by atoms with van der Waals surface area (Å²) in [5.41, 5.74) is 4.56. The zero-order valence-corrected chi connectivity index (χ0v) is 13.6. The number of carbonyl (C=O) groups excluding carboxylic acids is 1. The Morgan fingerprint density at radius 3 is 2.92 bits per heavy atom. The average Bonchev–Trinajstić information content (AvgIpc) is 3.25. The third kappa shape index (κ3) is 1.71. The number of anilines is 1. The number of fused-ring (bicyclic) bond motifs is 2. The molecule has 1 aromatic carbocycles. The van der Waals surface area contributed by atoms with Gasteiger partial charge in [0.15, 0.2) is 5.78 Å². The van der Waals surface area contributed by atoms with Crippen molar-refractivity contribution in [1.82, 2.24) is 18.5 Å². The van der Waals surface area contributed by atoms with Crippen LogP contribution in [0, 0.1) is 0 Å². The zero-order chi connectivity index (χ0) is 16.4. The summed E-state index contributed by atoms with van der Waals surface area (Å²) < 4.78 is 10.2. The summed E-state index contributed by atoms with van der Waals surface area (Å²) in [6.45, 7) is 0. The number of nitrogens with zero attached hydrogens (tertiary/aromatic N) is 3. The largest absolute Gasteiger partial charge is 0.343 e. The van der Waals surface area contributed by atoms with E-state index in [1.807, 2.05) is 18.2 Å². The van der Waals surface area contributed by atoms with E-state index in [0.29, 0.717) is 24.0 Å². The van der Waals surface area contributed by atoms with Crippen molar-refractivity contribution >= 4 is 34.4 Å². The molecule has 0 bridgehead atoms. The summed E-state index contributed by atoms with van der Waals surface area (Å²) in [7, 11) is 1.79. The second-order valence-corrected chi connectivity index (χ2v) is 6.68. The van der Waals surface area contributed by atoms with E-state index < -0.39 is 0 Å². The smallest absolute Gasteiger partial charge is 0.270 e. The fourth-order valence-corrected chi connectivity index (χ4v) is 4.23. The van der Waals surface area contributed by atoms with Crippen LogP contribution >= 0.6 is 11.7 Å². The van der Waals surface area contributed by atoms with Crippen LogP contribution in [0.1, 0.15) is 29.9 Å². The number of Topliss-reactive ketones (excluding diaryl/α,β-unsaturated/α-hetero) is 1. The van der Waals surface area contributed by atoms with E-state index in [2.05, 4.69) is 19.2 Å². The highest BCUT2D eigenvalue weighted by atomic mass is 32.1. The molecule has 1 unspecified atom stereocenters. The summed E-state index contributed by atoms with van der Waals surface area (Å²) in [6.07, 6.45) is 1.17. The molecule has 3 aromatic rings. The molecule has 0 fully saturated rings. The monoisotopic (exact) mass is 339 g/mol. The standard InChI is InChI=1S/C16H13N5O2S/c1-21-15-14(16(23)18-21)12(13-9(17-15)4-5-11(13)22)7-2-3-8-10(6-7)20-24-19-8/h2-3,6,12,17H,4-5H2,1H3,(H,18,23). The van der Waals surface area contributed by atoms with E-state index in [-0.39, 0.29) is 17.3 Å². The molecule has 2 aliphatic rings. The fraction of sp³-hybridized carbons (Fsp3) is 0.250. The Bertz CT molecular complexity index is 1100. The number of carbonyl (C=O) groups is 1. The van der Waals surface area contributed by atoms with Gasteiger partial charge in [0.05, 0.1) is 17.3 Å². The lowest BCUT2D eigenvalue weighted by Gasteiger charge is -2.25. The third-order valence-corrected chi connectivity index (χ3v) is 5.35. The molecule has 1 atom stereocenters. The second-order valence-electron chi connectivity index (χ2n) is 6.15. The Morgan fingerprint density at radius 1 is 1.21 bits per heavy atom. The topological polar surface area (TPSA) is 92.7 Å². The summed E-state index contributed by atoms with van der Waals surface area (Å²) in [5.74, 6) is 0.477. The van der Waals surface area contributed by atoms with E-state index in [9.17, 15) is 9.59 Å². The molecule has 1 aliphatic heterocycles. The maximum absolute atomic E-state index is 12.5. The van der Waals surface area contributed by atoms with Crippen molar-refractivity contribution in [3.63, 3.8) is 0 Å². The Morgan fingerprint density at radius 2 is 2.04 bits per heavy atom. The van der Waals surface area contributed by atoms with Gasteiger partial charge < -0.3 is 5.32 Å². The van der Waals surface area contributed by atoms with Gasteiger partial charge in [-0.05, 0) is 24.1 Å². The highest BCUT2D eigenvalue weighted by molar-refractivity contribution is 7.00. The van der Waals surface area contributed by atoms with Crippen LogP contribution in [-0.2, 0) is 11.8 Å². The maximum Gasteiger partial charge on any atom is 0.270 e. The maximum atomic E-state index is 12.5. The molecule has 3 heterocycles. The molecule has 7 nitrogen and oxygen atoms in total. The molecule has 0 spiro atoms. The van der Waals surface area contributed by atoms with Gasteiger partial charge in [-0.25, -0.2) is 0 Å². The number of H-pyrrole nitrogens is 1. The van der Waals surface area contributed by atoms with Gasteiger partial charge in [0.1, 0.15) is 16.9 Å². The van der Waals surface area contributed by atoms with Crippen LogP contribution < -0.4 is 10.9 Å². The normalized spacial score (nSPS) is 19.5. The Balaban J connectivity index is 1.80. The zero-order valence-electron chi connectivity index (χ0n) is 12.8. The molecule has 1 aliphatic carbocycles. The van der Waals surface area contributed by atoms with Gasteiger partial charge in [0.25, 0.3) is 5.56 Å². The average molecular weight is 339 g/mol. The summed E-state index contributed by atoms with van der Waals surface area (Å²) in [5, 5.41) is 6.06. The number of rotatable bonds is 1. The molecule has 2 N–H and O–H groups in total. The second kappa shape index (κ2) is 4.64. The van der Waals surface area contributed by atoms with Gasteiger partial charge in [-0.1, -0.05) is 6.07 Å². The number of ketones is 1. The van der Waals surface area contributed by atoms with Gasteiger partial charge in [0.2, 0.25) is 0 Å². The first kappa shape index (κ1) is 13.7. The molecule has 0 radical (unpaired) electrons. The molecule has 24 heavy (non-hydrogen) atoms. The molecule has 2 aromatic heterocycles. The SMILES string of the molecule is Cn1[nH]c(=O)c2c1NC1=C(C(=O)CC1)C2c1ccc2nsnc2c1. The molecule has 120 valence electrons. The predicted octanol–water partition coefficient (Wildman–Crippen LogP) is 1.89. The minimum atomic E-state index is -0.359. The lowest BCUT2D eigenvalue weighted by Crippen LogP contribution is -2.23. The Kier molecular flexibility index (Phi) is 2.64. The highest BCUT2D eigenvalue weighted by Gasteiger charge is 2.39. The van der Waals surface area contributed by atoms with Gasteiger partial charge in [0, 0.05) is 30.7 Å². The summed E-state index contributed by atoms with van der Waals surface area (Å²) in [4.78, 5) is 25.0. The van der Waals surface area contributed by atoms with Crippen molar-refractivity contribution < 1.29 is 4.79 Å². The number of benzene rings is 1. The van der Waals surface area contributed by atoms with Crippen molar-refractivity contribution in [2.45, 2.75) is 18.8 Å². The van der Waals surface area contributed by atoms with Gasteiger partial charge in [-0.2, -0.15) is 8.75 Å². The number of aromatic amines is 1. The summed E-state index contributed by atoms with van der Waals surface area (Å²) >= 11 is 1.16. The van der Waals surface area contributed by atoms with Crippen molar-refractivity contribution in [1.29, 1.82) is 0 Å². The molecule has 0 saturated heterocycles. The Labute approximate surface area is 140 Å². The van der Waals surface area contributed by atoms with Crippen molar-refractivity contribution in [2.75, 3.05) is 5.32 Å². The van der Waals surface area contributed by atoms with Crippen LogP contribution in [0.15, 0.2) is 34.3 Å².